The second kappa shape index (κ2) is 4.34. The second-order valence-electron chi connectivity index (χ2n) is 5.60. The molecule has 0 aliphatic heterocycles. The highest BCUT2D eigenvalue weighted by atomic mass is 32.2. The molecule has 2 nitrogen and oxygen atoms in total. The molecule has 0 heterocycles. The highest BCUT2D eigenvalue weighted by molar-refractivity contribution is 7.92. The number of fused-ring (bicyclic) bond motifs is 1. The van der Waals surface area contributed by atoms with Gasteiger partial charge in [0.1, 0.15) is 0 Å². The van der Waals surface area contributed by atoms with Crippen molar-refractivity contribution in [1.29, 1.82) is 0 Å². The molecule has 2 atom stereocenters. The van der Waals surface area contributed by atoms with Crippen LogP contribution in [-0.2, 0) is 9.84 Å². The Kier molecular flexibility index (Phi) is 2.90. The maximum atomic E-state index is 12.8. The summed E-state index contributed by atoms with van der Waals surface area (Å²) < 4.78 is 25.6. The zero-order valence-corrected chi connectivity index (χ0v) is 11.9. The molecule has 0 spiro atoms. The van der Waals surface area contributed by atoms with Crippen molar-refractivity contribution < 1.29 is 8.42 Å². The van der Waals surface area contributed by atoms with Gasteiger partial charge in [-0.15, -0.1) is 0 Å². The minimum absolute atomic E-state index is 0.0508. The van der Waals surface area contributed by atoms with Crippen LogP contribution in [0.4, 0.5) is 0 Å². The van der Waals surface area contributed by atoms with Gasteiger partial charge in [-0.1, -0.05) is 43.4 Å². The number of allylic oxidation sites excluding steroid dienone is 3. The summed E-state index contributed by atoms with van der Waals surface area (Å²) in [4.78, 5) is 0.436. The van der Waals surface area contributed by atoms with Crippen molar-refractivity contribution in [1.82, 2.24) is 0 Å². The van der Waals surface area contributed by atoms with Crippen LogP contribution < -0.4 is 0 Å². The van der Waals surface area contributed by atoms with Gasteiger partial charge in [-0.2, -0.15) is 0 Å². The van der Waals surface area contributed by atoms with Crippen LogP contribution in [0.15, 0.2) is 59.0 Å². The fourth-order valence-electron chi connectivity index (χ4n) is 3.23. The topological polar surface area (TPSA) is 34.1 Å². The summed E-state index contributed by atoms with van der Waals surface area (Å²) in [5, 5.41) is -0.382. The molecular weight excluding hydrogens is 256 g/mol. The highest BCUT2D eigenvalue weighted by Gasteiger charge is 2.42. The summed E-state index contributed by atoms with van der Waals surface area (Å²) in [6, 6.07) is 8.81. The van der Waals surface area contributed by atoms with Crippen molar-refractivity contribution in [3.63, 3.8) is 0 Å². The van der Waals surface area contributed by atoms with E-state index in [4.69, 9.17) is 0 Å². The van der Waals surface area contributed by atoms with E-state index in [1.165, 1.54) is 0 Å². The third-order valence-corrected chi connectivity index (χ3v) is 6.44. The van der Waals surface area contributed by atoms with Crippen molar-refractivity contribution >= 4 is 9.84 Å². The molecular formula is C16H18O2S. The van der Waals surface area contributed by atoms with Gasteiger partial charge < -0.3 is 0 Å². The van der Waals surface area contributed by atoms with E-state index >= 15 is 0 Å². The maximum absolute atomic E-state index is 12.8. The van der Waals surface area contributed by atoms with Gasteiger partial charge in [0, 0.05) is 5.41 Å². The second-order valence-corrected chi connectivity index (χ2v) is 7.73. The van der Waals surface area contributed by atoms with Crippen LogP contribution in [0.5, 0.6) is 0 Å². The maximum Gasteiger partial charge on any atom is 0.185 e. The average molecular weight is 274 g/mol. The first-order valence-corrected chi connectivity index (χ1v) is 8.26. The third-order valence-electron chi connectivity index (χ3n) is 4.32. The molecule has 3 rings (SSSR count). The van der Waals surface area contributed by atoms with Crippen LogP contribution in [0.1, 0.15) is 26.2 Å². The van der Waals surface area contributed by atoms with Crippen LogP contribution in [0, 0.1) is 5.41 Å². The van der Waals surface area contributed by atoms with Gasteiger partial charge >= 0.3 is 0 Å². The predicted molar refractivity (Wildman–Crippen MR) is 76.6 cm³/mol. The SMILES string of the molecule is C[C@]12C=CC[C@@H](S(=O)(=O)c3ccccc3)C1=CCC2. The van der Waals surface area contributed by atoms with E-state index in [2.05, 4.69) is 19.1 Å². The van der Waals surface area contributed by atoms with E-state index in [0.717, 1.165) is 18.4 Å². The molecule has 0 saturated heterocycles. The highest BCUT2D eigenvalue weighted by Crippen LogP contribution is 2.47. The Bertz CT molecular complexity index is 641. The van der Waals surface area contributed by atoms with Gasteiger partial charge in [0.15, 0.2) is 9.84 Å². The molecule has 3 heteroatoms. The molecule has 0 N–H and O–H groups in total. The Morgan fingerprint density at radius 1 is 1.21 bits per heavy atom. The molecule has 0 bridgehead atoms. The number of benzene rings is 1. The smallest absolute Gasteiger partial charge is 0.185 e. The molecule has 0 unspecified atom stereocenters. The molecule has 0 amide bonds. The Morgan fingerprint density at radius 3 is 2.68 bits per heavy atom. The number of hydrogen-bond acceptors (Lipinski definition) is 2. The molecule has 100 valence electrons. The fraction of sp³-hybridized carbons (Fsp3) is 0.375. The van der Waals surface area contributed by atoms with Crippen LogP contribution in [0.2, 0.25) is 0 Å². The van der Waals surface area contributed by atoms with E-state index in [1.807, 2.05) is 12.1 Å². The largest absolute Gasteiger partial charge is 0.223 e. The molecule has 1 aromatic rings. The van der Waals surface area contributed by atoms with E-state index < -0.39 is 9.84 Å². The lowest BCUT2D eigenvalue weighted by Crippen LogP contribution is -2.32. The zero-order valence-electron chi connectivity index (χ0n) is 11.0. The van der Waals surface area contributed by atoms with Crippen LogP contribution in [0.3, 0.4) is 0 Å². The molecule has 0 aromatic heterocycles. The minimum Gasteiger partial charge on any atom is -0.223 e. The first-order chi connectivity index (χ1) is 9.04. The van der Waals surface area contributed by atoms with Crippen molar-refractivity contribution in [2.24, 2.45) is 5.41 Å². The van der Waals surface area contributed by atoms with Gasteiger partial charge in [0.2, 0.25) is 0 Å². The van der Waals surface area contributed by atoms with Crippen molar-refractivity contribution in [3.05, 3.63) is 54.1 Å². The summed E-state index contributed by atoms with van der Waals surface area (Å²) in [5.41, 5.74) is 1.05. The van der Waals surface area contributed by atoms with Crippen molar-refractivity contribution in [2.75, 3.05) is 0 Å². The number of rotatable bonds is 2. The molecule has 0 saturated carbocycles. The summed E-state index contributed by atoms with van der Waals surface area (Å²) >= 11 is 0. The molecule has 19 heavy (non-hydrogen) atoms. The van der Waals surface area contributed by atoms with Gasteiger partial charge in [-0.25, -0.2) is 8.42 Å². The lowest BCUT2D eigenvalue weighted by atomic mass is 9.77. The Morgan fingerprint density at radius 2 is 1.95 bits per heavy atom. The Hall–Kier alpha value is -1.35. The third kappa shape index (κ3) is 1.96. The molecule has 2 aliphatic rings. The normalized spacial score (nSPS) is 29.9. The van der Waals surface area contributed by atoms with E-state index in [1.54, 1.807) is 24.3 Å². The van der Waals surface area contributed by atoms with Crippen LogP contribution >= 0.6 is 0 Å². The van der Waals surface area contributed by atoms with Gasteiger partial charge in [-0.05, 0) is 37.0 Å². The van der Waals surface area contributed by atoms with Crippen LogP contribution in [-0.4, -0.2) is 13.7 Å². The lowest BCUT2D eigenvalue weighted by Gasteiger charge is -2.33. The molecule has 1 aromatic carbocycles. The predicted octanol–water partition coefficient (Wildman–Crippen LogP) is 3.52. The summed E-state index contributed by atoms with van der Waals surface area (Å²) in [6.45, 7) is 2.15. The quantitative estimate of drug-likeness (QED) is 0.773. The lowest BCUT2D eigenvalue weighted by molar-refractivity contribution is 0.472. The van der Waals surface area contributed by atoms with E-state index in [0.29, 0.717) is 11.3 Å². The van der Waals surface area contributed by atoms with E-state index in [-0.39, 0.29) is 10.7 Å². The van der Waals surface area contributed by atoms with Crippen LogP contribution in [0.25, 0.3) is 0 Å². The van der Waals surface area contributed by atoms with Gasteiger partial charge in [0.25, 0.3) is 0 Å². The summed E-state index contributed by atoms with van der Waals surface area (Å²) in [7, 11) is -3.27. The average Bonchev–Trinajstić information content (AvgIpc) is 2.80. The first kappa shape index (κ1) is 12.7. The fourth-order valence-corrected chi connectivity index (χ4v) is 5.16. The van der Waals surface area contributed by atoms with Gasteiger partial charge in [0.05, 0.1) is 10.1 Å². The van der Waals surface area contributed by atoms with Crippen molar-refractivity contribution in [2.45, 2.75) is 36.3 Å². The minimum atomic E-state index is -3.27. The molecule has 0 fully saturated rings. The Labute approximate surface area is 114 Å². The van der Waals surface area contributed by atoms with Crippen molar-refractivity contribution in [3.8, 4) is 0 Å². The van der Waals surface area contributed by atoms with Gasteiger partial charge in [-0.3, -0.25) is 0 Å². The summed E-state index contributed by atoms with van der Waals surface area (Å²) in [6.07, 6.45) is 8.96. The molecule has 0 radical (unpaired) electrons. The zero-order chi connectivity index (χ0) is 13.5. The number of sulfone groups is 1. The Balaban J connectivity index is 2.06. The monoisotopic (exact) mass is 274 g/mol. The standard InChI is InChI=1S/C16H18O2S/c1-16-11-5-9-14(16)15(10-6-12-16)19(17,18)13-7-3-2-4-8-13/h2-4,6-9,12,15H,5,10-11H2,1H3/t15-,16+/m1/s1. The molecule has 2 aliphatic carbocycles. The first-order valence-electron chi connectivity index (χ1n) is 6.71. The summed E-state index contributed by atoms with van der Waals surface area (Å²) in [5.74, 6) is 0. The van der Waals surface area contributed by atoms with E-state index in [9.17, 15) is 8.42 Å². The number of hydrogen-bond donors (Lipinski definition) is 0.